The third-order valence-corrected chi connectivity index (χ3v) is 7.16. The minimum atomic E-state index is -3.89. The molecule has 0 aliphatic heterocycles. The quantitative estimate of drug-likeness (QED) is 0.600. The first-order valence-electron chi connectivity index (χ1n) is 9.01. The highest BCUT2D eigenvalue weighted by molar-refractivity contribution is 7.93. The molecule has 0 radical (unpaired) electrons. The Balaban J connectivity index is 1.80. The lowest BCUT2D eigenvalue weighted by atomic mass is 10.1. The number of aryl methyl sites for hydroxylation is 4. The van der Waals surface area contributed by atoms with E-state index >= 15 is 0 Å². The Morgan fingerprint density at radius 2 is 1.27 bits per heavy atom. The number of benzene rings is 2. The number of nitrogens with one attached hydrogen (secondary N) is 2. The van der Waals surface area contributed by atoms with Gasteiger partial charge in [0.1, 0.15) is 11.6 Å². The summed E-state index contributed by atoms with van der Waals surface area (Å²) >= 11 is 0. The molecule has 10 heteroatoms. The van der Waals surface area contributed by atoms with Gasteiger partial charge in [-0.25, -0.2) is 26.8 Å². The third kappa shape index (κ3) is 4.95. The number of anilines is 2. The fraction of sp³-hybridized carbons (Fsp3) is 0.200. The van der Waals surface area contributed by atoms with E-state index in [9.17, 15) is 16.8 Å². The molecule has 0 fully saturated rings. The van der Waals surface area contributed by atoms with Crippen molar-refractivity contribution < 1.29 is 16.8 Å². The molecule has 1 aromatic heterocycles. The van der Waals surface area contributed by atoms with E-state index in [2.05, 4.69) is 19.4 Å². The first-order valence-corrected chi connectivity index (χ1v) is 12.0. The average molecular weight is 447 g/mol. The summed E-state index contributed by atoms with van der Waals surface area (Å²) in [5.41, 5.74) is 2.74. The van der Waals surface area contributed by atoms with Gasteiger partial charge in [0, 0.05) is 17.4 Å². The number of hydrogen-bond donors (Lipinski definition) is 2. The van der Waals surface area contributed by atoms with E-state index in [4.69, 9.17) is 0 Å². The lowest BCUT2D eigenvalue weighted by Crippen LogP contribution is -2.15. The van der Waals surface area contributed by atoms with Crippen LogP contribution in [0.25, 0.3) is 0 Å². The zero-order valence-electron chi connectivity index (χ0n) is 17.0. The largest absolute Gasteiger partial charge is 0.280 e. The van der Waals surface area contributed by atoms with Gasteiger partial charge in [-0.2, -0.15) is 0 Å². The minimum absolute atomic E-state index is 0.0226. The van der Waals surface area contributed by atoms with Crippen LogP contribution in [0.5, 0.6) is 0 Å². The Morgan fingerprint density at radius 3 is 1.87 bits per heavy atom. The molecule has 30 heavy (non-hydrogen) atoms. The van der Waals surface area contributed by atoms with Crippen molar-refractivity contribution in [1.29, 1.82) is 0 Å². The van der Waals surface area contributed by atoms with Gasteiger partial charge in [-0.15, -0.1) is 0 Å². The summed E-state index contributed by atoms with van der Waals surface area (Å²) in [6, 6.07) is 11.8. The van der Waals surface area contributed by atoms with Gasteiger partial charge >= 0.3 is 0 Å². The Kier molecular flexibility index (Phi) is 5.82. The third-order valence-electron chi connectivity index (χ3n) is 4.41. The van der Waals surface area contributed by atoms with E-state index in [0.717, 1.165) is 11.1 Å². The Labute approximate surface area is 176 Å². The Bertz CT molecular complexity index is 1280. The summed E-state index contributed by atoms with van der Waals surface area (Å²) in [5, 5.41) is 0. The average Bonchev–Trinajstić information content (AvgIpc) is 2.62. The van der Waals surface area contributed by atoms with Crippen molar-refractivity contribution in [2.75, 3.05) is 9.44 Å². The van der Waals surface area contributed by atoms with Crippen LogP contribution in [0.15, 0.2) is 58.3 Å². The van der Waals surface area contributed by atoms with E-state index < -0.39 is 20.0 Å². The van der Waals surface area contributed by atoms with Crippen LogP contribution in [0.3, 0.4) is 0 Å². The molecule has 0 spiro atoms. The van der Waals surface area contributed by atoms with E-state index in [1.54, 1.807) is 26.0 Å². The molecule has 3 aromatic rings. The summed E-state index contributed by atoms with van der Waals surface area (Å²) in [5.74, 6) is 0.614. The summed E-state index contributed by atoms with van der Waals surface area (Å²) in [6.07, 6.45) is 0. The Morgan fingerprint density at radius 1 is 0.667 bits per heavy atom. The van der Waals surface area contributed by atoms with Gasteiger partial charge in [0.25, 0.3) is 20.0 Å². The number of hydrogen-bond acceptors (Lipinski definition) is 6. The van der Waals surface area contributed by atoms with Gasteiger partial charge in [-0.05, 0) is 75.2 Å². The molecule has 0 bridgehead atoms. The van der Waals surface area contributed by atoms with Crippen LogP contribution in [0, 0.1) is 27.7 Å². The van der Waals surface area contributed by atoms with Crippen LogP contribution < -0.4 is 9.44 Å². The van der Waals surface area contributed by atoms with Crippen molar-refractivity contribution in [3.63, 3.8) is 0 Å². The monoisotopic (exact) mass is 446 g/mol. The van der Waals surface area contributed by atoms with Crippen molar-refractivity contribution in [3.8, 4) is 0 Å². The normalized spacial score (nSPS) is 11.9. The van der Waals surface area contributed by atoms with Gasteiger partial charge in [0.2, 0.25) is 0 Å². The lowest BCUT2D eigenvalue weighted by molar-refractivity contribution is 0.600. The molecular formula is C20H22N4O4S2. The molecule has 1 heterocycles. The number of aromatic nitrogens is 2. The molecule has 2 N–H and O–H groups in total. The van der Waals surface area contributed by atoms with Crippen LogP contribution in [0.4, 0.5) is 11.5 Å². The van der Waals surface area contributed by atoms with Gasteiger partial charge in [-0.3, -0.25) is 9.44 Å². The standard InChI is InChI=1S/C20H22N4O4S2/c1-13-5-8-19(11-14(13)2)30(27,28)23-17-6-9-18(10-7-17)29(25,26)24-20-12-15(3)21-16(4)22-20/h5-12,23H,1-4H3,(H,21,22,24). The highest BCUT2D eigenvalue weighted by Gasteiger charge is 2.18. The lowest BCUT2D eigenvalue weighted by Gasteiger charge is -2.11. The maximum atomic E-state index is 12.6. The van der Waals surface area contributed by atoms with Crippen molar-refractivity contribution in [2.24, 2.45) is 0 Å². The van der Waals surface area contributed by atoms with Crippen LogP contribution in [0.2, 0.25) is 0 Å². The number of sulfonamides is 2. The van der Waals surface area contributed by atoms with Gasteiger partial charge in [0.15, 0.2) is 0 Å². The smallest absolute Gasteiger partial charge is 0.263 e. The van der Waals surface area contributed by atoms with Crippen molar-refractivity contribution in [1.82, 2.24) is 9.97 Å². The second kappa shape index (κ2) is 8.04. The first kappa shape index (κ1) is 21.7. The zero-order chi connectivity index (χ0) is 22.1. The second-order valence-corrected chi connectivity index (χ2v) is 10.3. The van der Waals surface area contributed by atoms with E-state index in [1.165, 1.54) is 36.4 Å². The Hall–Kier alpha value is -2.98. The van der Waals surface area contributed by atoms with Crippen LogP contribution in [0.1, 0.15) is 22.6 Å². The summed E-state index contributed by atoms with van der Waals surface area (Å²) in [4.78, 5) is 8.29. The topological polar surface area (TPSA) is 118 Å². The SMILES string of the molecule is Cc1cc(NS(=O)(=O)c2ccc(NS(=O)(=O)c3ccc(C)c(C)c3)cc2)nc(C)n1. The first-order chi connectivity index (χ1) is 14.0. The molecule has 0 saturated carbocycles. The molecular weight excluding hydrogens is 424 g/mol. The highest BCUT2D eigenvalue weighted by atomic mass is 32.2. The van der Waals surface area contributed by atoms with Crippen molar-refractivity contribution >= 4 is 31.6 Å². The molecule has 0 unspecified atom stereocenters. The maximum absolute atomic E-state index is 12.6. The molecule has 8 nitrogen and oxygen atoms in total. The van der Waals surface area contributed by atoms with E-state index in [0.29, 0.717) is 11.5 Å². The second-order valence-electron chi connectivity index (χ2n) is 6.92. The van der Waals surface area contributed by atoms with Crippen molar-refractivity contribution in [3.05, 3.63) is 71.2 Å². The summed E-state index contributed by atoms with van der Waals surface area (Å²) in [7, 11) is -7.68. The molecule has 0 amide bonds. The van der Waals surface area contributed by atoms with E-state index in [1.807, 2.05) is 13.8 Å². The summed E-state index contributed by atoms with van der Waals surface area (Å²) < 4.78 is 55.3. The molecule has 0 atom stereocenters. The number of rotatable bonds is 6. The molecule has 2 aromatic carbocycles. The fourth-order valence-electron chi connectivity index (χ4n) is 2.76. The van der Waals surface area contributed by atoms with Crippen molar-refractivity contribution in [2.45, 2.75) is 37.5 Å². The fourth-order valence-corrected chi connectivity index (χ4v) is 4.90. The van der Waals surface area contributed by atoms with Crippen LogP contribution in [-0.4, -0.2) is 26.8 Å². The predicted molar refractivity (Wildman–Crippen MR) is 115 cm³/mol. The maximum Gasteiger partial charge on any atom is 0.263 e. The molecule has 158 valence electrons. The van der Waals surface area contributed by atoms with Gasteiger partial charge in [-0.1, -0.05) is 6.07 Å². The molecule has 0 aliphatic carbocycles. The zero-order valence-corrected chi connectivity index (χ0v) is 18.6. The van der Waals surface area contributed by atoms with Crippen LogP contribution in [-0.2, 0) is 20.0 Å². The van der Waals surface area contributed by atoms with Crippen LogP contribution >= 0.6 is 0 Å². The molecule has 0 saturated heterocycles. The highest BCUT2D eigenvalue weighted by Crippen LogP contribution is 2.21. The predicted octanol–water partition coefficient (Wildman–Crippen LogP) is 3.31. The summed E-state index contributed by atoms with van der Waals surface area (Å²) in [6.45, 7) is 7.14. The van der Waals surface area contributed by atoms with Gasteiger partial charge in [0.05, 0.1) is 9.79 Å². The minimum Gasteiger partial charge on any atom is -0.280 e. The number of nitrogens with zero attached hydrogens (tertiary/aromatic N) is 2. The van der Waals surface area contributed by atoms with Gasteiger partial charge < -0.3 is 0 Å². The van der Waals surface area contributed by atoms with E-state index in [-0.39, 0.29) is 21.3 Å². The molecule has 3 rings (SSSR count). The molecule has 0 aliphatic rings.